The van der Waals surface area contributed by atoms with E-state index >= 15 is 0 Å². The minimum Gasteiger partial charge on any atom is -0.493 e. The number of hydrogen-bond donors (Lipinski definition) is 0. The summed E-state index contributed by atoms with van der Waals surface area (Å²) < 4.78 is 21.5. The highest BCUT2D eigenvalue weighted by Crippen LogP contribution is 2.28. The minimum atomic E-state index is -0.370. The summed E-state index contributed by atoms with van der Waals surface area (Å²) in [6.45, 7) is 3.48. The molecular weight excluding hydrogens is 272 g/mol. The zero-order valence-electron chi connectivity index (χ0n) is 12.6. The average Bonchev–Trinajstić information content (AvgIpc) is 2.54. The third kappa shape index (κ3) is 4.36. The van der Waals surface area contributed by atoms with Crippen molar-refractivity contribution in [2.45, 2.75) is 32.3 Å². The van der Waals surface area contributed by atoms with Crippen LogP contribution >= 0.6 is 0 Å². The molecule has 1 aromatic rings. The molecule has 1 aromatic carbocycles. The second-order valence-electron chi connectivity index (χ2n) is 4.89. The van der Waals surface area contributed by atoms with Gasteiger partial charge in [0.25, 0.3) is 0 Å². The van der Waals surface area contributed by atoms with Crippen molar-refractivity contribution in [2.75, 3.05) is 26.9 Å². The van der Waals surface area contributed by atoms with Gasteiger partial charge in [-0.2, -0.15) is 0 Å². The first kappa shape index (κ1) is 15.6. The van der Waals surface area contributed by atoms with E-state index in [1.807, 2.05) is 6.92 Å². The monoisotopic (exact) mass is 294 g/mol. The number of methoxy groups -OCH3 is 1. The molecule has 0 saturated carbocycles. The van der Waals surface area contributed by atoms with Gasteiger partial charge < -0.3 is 18.9 Å². The average molecular weight is 294 g/mol. The Morgan fingerprint density at radius 3 is 2.86 bits per heavy atom. The van der Waals surface area contributed by atoms with Crippen LogP contribution in [0.1, 0.15) is 36.5 Å². The zero-order valence-corrected chi connectivity index (χ0v) is 12.6. The highest BCUT2D eigenvalue weighted by Gasteiger charge is 2.17. The van der Waals surface area contributed by atoms with Gasteiger partial charge in [-0.1, -0.05) is 0 Å². The number of carbonyl (C=O) groups excluding carboxylic acids is 1. The van der Waals surface area contributed by atoms with Crippen LogP contribution in [-0.4, -0.2) is 39.0 Å². The molecule has 0 aromatic heterocycles. The Labute approximate surface area is 125 Å². The second kappa shape index (κ2) is 7.88. The molecular formula is C16H22O5. The van der Waals surface area contributed by atoms with Crippen molar-refractivity contribution in [1.82, 2.24) is 0 Å². The molecule has 2 rings (SSSR count). The van der Waals surface area contributed by atoms with Crippen molar-refractivity contribution in [1.29, 1.82) is 0 Å². The Morgan fingerprint density at radius 1 is 1.33 bits per heavy atom. The zero-order chi connectivity index (χ0) is 15.1. The molecule has 21 heavy (non-hydrogen) atoms. The first-order valence-corrected chi connectivity index (χ1v) is 7.34. The van der Waals surface area contributed by atoms with E-state index in [2.05, 4.69) is 0 Å². The van der Waals surface area contributed by atoms with Crippen LogP contribution in [0.15, 0.2) is 18.2 Å². The summed E-state index contributed by atoms with van der Waals surface area (Å²) in [5.74, 6) is 0.776. The van der Waals surface area contributed by atoms with Gasteiger partial charge in [0, 0.05) is 6.61 Å². The summed E-state index contributed by atoms with van der Waals surface area (Å²) in [6, 6.07) is 5.03. The van der Waals surface area contributed by atoms with E-state index in [0.717, 1.165) is 25.9 Å². The van der Waals surface area contributed by atoms with Crippen LogP contribution in [-0.2, 0) is 9.47 Å². The first-order valence-electron chi connectivity index (χ1n) is 7.34. The van der Waals surface area contributed by atoms with E-state index in [1.165, 1.54) is 0 Å². The van der Waals surface area contributed by atoms with Gasteiger partial charge in [-0.05, 0) is 44.4 Å². The predicted octanol–water partition coefficient (Wildman–Crippen LogP) is 2.82. The molecule has 1 unspecified atom stereocenters. The van der Waals surface area contributed by atoms with E-state index in [4.69, 9.17) is 18.9 Å². The third-order valence-electron chi connectivity index (χ3n) is 3.37. The fraction of sp³-hybridized carbons (Fsp3) is 0.562. The van der Waals surface area contributed by atoms with Crippen LogP contribution in [0.4, 0.5) is 0 Å². The molecule has 1 saturated heterocycles. The van der Waals surface area contributed by atoms with Crippen molar-refractivity contribution in [2.24, 2.45) is 0 Å². The molecule has 0 N–H and O–H groups in total. The number of esters is 1. The molecule has 1 heterocycles. The largest absolute Gasteiger partial charge is 0.493 e. The van der Waals surface area contributed by atoms with Crippen LogP contribution in [0.3, 0.4) is 0 Å². The number of hydrogen-bond acceptors (Lipinski definition) is 5. The van der Waals surface area contributed by atoms with Crippen molar-refractivity contribution < 1.29 is 23.7 Å². The summed E-state index contributed by atoms with van der Waals surface area (Å²) in [5, 5.41) is 0. The van der Waals surface area contributed by atoms with Crippen LogP contribution in [0.2, 0.25) is 0 Å². The SMILES string of the molecule is CCOc1ccc(C(=O)OCC2CCCCO2)cc1OC. The second-order valence-corrected chi connectivity index (χ2v) is 4.89. The molecule has 0 aliphatic carbocycles. The van der Waals surface area contributed by atoms with Gasteiger partial charge in [0.05, 0.1) is 25.4 Å². The summed E-state index contributed by atoms with van der Waals surface area (Å²) in [6.07, 6.45) is 3.17. The maximum Gasteiger partial charge on any atom is 0.338 e. The van der Waals surface area contributed by atoms with Gasteiger partial charge in [0.15, 0.2) is 11.5 Å². The lowest BCUT2D eigenvalue weighted by atomic mass is 10.1. The Balaban J connectivity index is 1.95. The predicted molar refractivity (Wildman–Crippen MR) is 78.0 cm³/mol. The summed E-state index contributed by atoms with van der Waals surface area (Å²) in [7, 11) is 1.54. The fourth-order valence-corrected chi connectivity index (χ4v) is 2.26. The molecule has 0 spiro atoms. The summed E-state index contributed by atoms with van der Waals surface area (Å²) in [5.41, 5.74) is 0.450. The third-order valence-corrected chi connectivity index (χ3v) is 3.37. The van der Waals surface area contributed by atoms with Gasteiger partial charge in [-0.15, -0.1) is 0 Å². The molecule has 1 aliphatic rings. The van der Waals surface area contributed by atoms with E-state index in [9.17, 15) is 4.79 Å². The van der Waals surface area contributed by atoms with Crippen LogP contribution in [0, 0.1) is 0 Å². The minimum absolute atomic E-state index is 0.0206. The van der Waals surface area contributed by atoms with Gasteiger partial charge in [-0.3, -0.25) is 0 Å². The number of ether oxygens (including phenoxy) is 4. The van der Waals surface area contributed by atoms with E-state index in [0.29, 0.717) is 30.3 Å². The smallest absolute Gasteiger partial charge is 0.338 e. The molecule has 1 atom stereocenters. The van der Waals surface area contributed by atoms with Crippen molar-refractivity contribution in [3.05, 3.63) is 23.8 Å². The molecule has 0 amide bonds. The lowest BCUT2D eigenvalue weighted by Gasteiger charge is -2.22. The van der Waals surface area contributed by atoms with E-state index < -0.39 is 0 Å². The Kier molecular flexibility index (Phi) is 5.87. The maximum atomic E-state index is 12.1. The quantitative estimate of drug-likeness (QED) is 0.755. The summed E-state index contributed by atoms with van der Waals surface area (Å²) in [4.78, 5) is 12.1. The van der Waals surface area contributed by atoms with Crippen molar-refractivity contribution in [3.63, 3.8) is 0 Å². The highest BCUT2D eigenvalue weighted by molar-refractivity contribution is 5.90. The van der Waals surface area contributed by atoms with Gasteiger partial charge in [0.2, 0.25) is 0 Å². The highest BCUT2D eigenvalue weighted by atomic mass is 16.6. The van der Waals surface area contributed by atoms with Crippen molar-refractivity contribution >= 4 is 5.97 Å². The van der Waals surface area contributed by atoms with Crippen LogP contribution in [0.5, 0.6) is 11.5 Å². The number of rotatable bonds is 6. The number of carbonyl (C=O) groups is 1. The Bertz CT molecular complexity index is 466. The molecule has 0 bridgehead atoms. The van der Waals surface area contributed by atoms with E-state index in [-0.39, 0.29) is 12.1 Å². The van der Waals surface area contributed by atoms with Crippen LogP contribution < -0.4 is 9.47 Å². The van der Waals surface area contributed by atoms with Crippen molar-refractivity contribution in [3.8, 4) is 11.5 Å². The normalized spacial score (nSPS) is 18.1. The molecule has 1 aliphatic heterocycles. The Morgan fingerprint density at radius 2 is 2.19 bits per heavy atom. The molecule has 5 nitrogen and oxygen atoms in total. The van der Waals surface area contributed by atoms with Crippen LogP contribution in [0.25, 0.3) is 0 Å². The fourth-order valence-electron chi connectivity index (χ4n) is 2.26. The molecule has 1 fully saturated rings. The lowest BCUT2D eigenvalue weighted by Crippen LogP contribution is -2.25. The lowest BCUT2D eigenvalue weighted by molar-refractivity contribution is -0.0300. The maximum absolute atomic E-state index is 12.1. The first-order chi connectivity index (χ1) is 10.2. The topological polar surface area (TPSA) is 54.0 Å². The van der Waals surface area contributed by atoms with Gasteiger partial charge in [-0.25, -0.2) is 4.79 Å². The molecule has 0 radical (unpaired) electrons. The van der Waals surface area contributed by atoms with Gasteiger partial charge in [0.1, 0.15) is 6.61 Å². The summed E-state index contributed by atoms with van der Waals surface area (Å²) >= 11 is 0. The Hall–Kier alpha value is -1.75. The van der Waals surface area contributed by atoms with Gasteiger partial charge >= 0.3 is 5.97 Å². The standard InChI is InChI=1S/C16H22O5/c1-3-19-14-8-7-12(10-15(14)18-2)16(17)21-11-13-6-4-5-9-20-13/h7-8,10,13H,3-6,9,11H2,1-2H3. The van der Waals surface area contributed by atoms with E-state index in [1.54, 1.807) is 25.3 Å². The number of benzene rings is 1. The molecule has 5 heteroatoms. The molecule has 116 valence electrons.